The van der Waals surface area contributed by atoms with E-state index in [1.807, 2.05) is 0 Å². The monoisotopic (exact) mass is 355 g/mol. The summed E-state index contributed by atoms with van der Waals surface area (Å²) in [6.07, 6.45) is 8.89. The minimum absolute atomic E-state index is 0.322. The van der Waals surface area contributed by atoms with Crippen LogP contribution in [-0.4, -0.2) is 31.9 Å². The molecule has 3 aromatic heterocycles. The zero-order chi connectivity index (χ0) is 18.1. The van der Waals surface area contributed by atoms with Crippen LogP contribution in [0.2, 0.25) is 0 Å². The molecule has 1 aliphatic carbocycles. The van der Waals surface area contributed by atoms with Crippen molar-refractivity contribution in [3.05, 3.63) is 36.5 Å². The smallest absolute Gasteiger partial charge is 0.180 e. The standard InChI is InChI=1S/C18H22FN7/c19-12-3-6-16-22-9-15(26(16)10-12)18-23-8-14(21)17(25-18)24-13-4-1-11(7-20)2-5-13/h3,6,8-11,13H,1-2,4-5,7,20-21H2,(H,23,24,25)/t11-,13-. The molecule has 1 fully saturated rings. The first-order chi connectivity index (χ1) is 12.6. The molecule has 0 aliphatic heterocycles. The summed E-state index contributed by atoms with van der Waals surface area (Å²) in [5.74, 6) is 1.33. The number of hydrogen-bond donors (Lipinski definition) is 3. The Hall–Kier alpha value is -2.74. The van der Waals surface area contributed by atoms with Crippen molar-refractivity contribution >= 4 is 17.2 Å². The fourth-order valence-corrected chi connectivity index (χ4v) is 3.49. The first-order valence-electron chi connectivity index (χ1n) is 8.86. The van der Waals surface area contributed by atoms with E-state index in [0.717, 1.165) is 32.2 Å². The van der Waals surface area contributed by atoms with Gasteiger partial charge in [-0.2, -0.15) is 0 Å². The Morgan fingerprint density at radius 2 is 1.96 bits per heavy atom. The van der Waals surface area contributed by atoms with Crippen molar-refractivity contribution in [1.82, 2.24) is 19.4 Å². The van der Waals surface area contributed by atoms with Crippen LogP contribution in [-0.2, 0) is 0 Å². The van der Waals surface area contributed by atoms with Gasteiger partial charge in [-0.15, -0.1) is 0 Å². The molecule has 0 bridgehead atoms. The van der Waals surface area contributed by atoms with Crippen molar-refractivity contribution in [2.45, 2.75) is 31.7 Å². The van der Waals surface area contributed by atoms with Crippen LogP contribution in [0.4, 0.5) is 15.9 Å². The van der Waals surface area contributed by atoms with Gasteiger partial charge in [0.05, 0.1) is 18.1 Å². The molecule has 0 saturated heterocycles. The summed E-state index contributed by atoms with van der Waals surface area (Å²) in [6.45, 7) is 0.747. The maximum atomic E-state index is 13.6. The van der Waals surface area contributed by atoms with Crippen molar-refractivity contribution < 1.29 is 4.39 Å². The molecule has 7 nitrogen and oxygen atoms in total. The molecular weight excluding hydrogens is 333 g/mol. The lowest BCUT2D eigenvalue weighted by Gasteiger charge is -2.29. The highest BCUT2D eigenvalue weighted by Crippen LogP contribution is 2.28. The Labute approximate surface area is 150 Å². The number of aromatic nitrogens is 4. The number of nitrogens with two attached hydrogens (primary N) is 2. The summed E-state index contributed by atoms with van der Waals surface area (Å²) < 4.78 is 15.2. The summed E-state index contributed by atoms with van der Waals surface area (Å²) in [7, 11) is 0. The first kappa shape index (κ1) is 16.7. The van der Waals surface area contributed by atoms with Crippen LogP contribution in [0.3, 0.4) is 0 Å². The number of imidazole rings is 1. The average molecular weight is 355 g/mol. The Morgan fingerprint density at radius 1 is 1.15 bits per heavy atom. The number of rotatable bonds is 4. The molecule has 3 aromatic rings. The minimum atomic E-state index is -0.345. The molecule has 136 valence electrons. The number of anilines is 2. The van der Waals surface area contributed by atoms with Gasteiger partial charge in [-0.25, -0.2) is 19.3 Å². The fourth-order valence-electron chi connectivity index (χ4n) is 3.49. The van der Waals surface area contributed by atoms with E-state index in [4.69, 9.17) is 11.5 Å². The summed E-state index contributed by atoms with van der Waals surface area (Å²) in [6, 6.07) is 3.31. The molecule has 0 aromatic carbocycles. The molecule has 3 heterocycles. The van der Waals surface area contributed by atoms with Crippen molar-refractivity contribution in [3.63, 3.8) is 0 Å². The van der Waals surface area contributed by atoms with Gasteiger partial charge in [0.25, 0.3) is 0 Å². The number of nitrogens with one attached hydrogen (secondary N) is 1. The number of halogens is 1. The Balaban J connectivity index is 1.61. The second-order valence-corrected chi connectivity index (χ2v) is 6.81. The van der Waals surface area contributed by atoms with E-state index < -0.39 is 0 Å². The first-order valence-corrected chi connectivity index (χ1v) is 8.86. The highest BCUT2D eigenvalue weighted by molar-refractivity contribution is 5.65. The Kier molecular flexibility index (Phi) is 4.42. The molecule has 1 aliphatic rings. The van der Waals surface area contributed by atoms with Crippen LogP contribution in [0.15, 0.2) is 30.7 Å². The maximum absolute atomic E-state index is 13.6. The molecule has 8 heteroatoms. The summed E-state index contributed by atoms with van der Waals surface area (Å²) >= 11 is 0. The topological polar surface area (TPSA) is 107 Å². The highest BCUT2D eigenvalue weighted by Gasteiger charge is 2.21. The van der Waals surface area contributed by atoms with Gasteiger partial charge in [0, 0.05) is 12.2 Å². The van der Waals surface area contributed by atoms with Crippen LogP contribution in [0.1, 0.15) is 25.7 Å². The normalized spacial score (nSPS) is 20.4. The lowest BCUT2D eigenvalue weighted by Crippen LogP contribution is -2.29. The third kappa shape index (κ3) is 3.20. The number of nitrogen functional groups attached to an aromatic ring is 1. The third-order valence-electron chi connectivity index (χ3n) is 5.04. The van der Waals surface area contributed by atoms with E-state index in [2.05, 4.69) is 20.3 Å². The SMILES string of the molecule is NC[C@H]1CC[C@H](Nc2nc(-c3cnc4ccc(F)cn34)ncc2N)CC1. The fraction of sp³-hybridized carbons (Fsp3) is 0.389. The summed E-state index contributed by atoms with van der Waals surface area (Å²) in [5, 5.41) is 3.43. The van der Waals surface area contributed by atoms with Gasteiger partial charge in [-0.1, -0.05) is 0 Å². The minimum Gasteiger partial charge on any atom is -0.394 e. The quantitative estimate of drug-likeness (QED) is 0.663. The Morgan fingerprint density at radius 3 is 2.73 bits per heavy atom. The molecule has 26 heavy (non-hydrogen) atoms. The number of nitrogens with zero attached hydrogens (tertiary/aromatic N) is 4. The predicted octanol–water partition coefficient (Wildman–Crippen LogP) is 2.44. The van der Waals surface area contributed by atoms with Gasteiger partial charge in [-0.3, -0.25) is 4.40 Å². The van der Waals surface area contributed by atoms with Crippen LogP contribution in [0.5, 0.6) is 0 Å². The van der Waals surface area contributed by atoms with Gasteiger partial charge < -0.3 is 16.8 Å². The number of hydrogen-bond acceptors (Lipinski definition) is 6. The van der Waals surface area contributed by atoms with Gasteiger partial charge in [0.1, 0.15) is 17.2 Å². The van der Waals surface area contributed by atoms with E-state index in [1.54, 1.807) is 22.9 Å². The molecule has 0 spiro atoms. The van der Waals surface area contributed by atoms with Gasteiger partial charge >= 0.3 is 0 Å². The average Bonchev–Trinajstić information content (AvgIpc) is 3.07. The van der Waals surface area contributed by atoms with E-state index in [0.29, 0.717) is 40.6 Å². The molecule has 1 saturated carbocycles. The van der Waals surface area contributed by atoms with Gasteiger partial charge in [0.2, 0.25) is 0 Å². The molecular formula is C18H22FN7. The molecule has 0 radical (unpaired) electrons. The molecule has 0 amide bonds. The van der Waals surface area contributed by atoms with Gasteiger partial charge in [0.15, 0.2) is 11.6 Å². The molecule has 0 unspecified atom stereocenters. The molecule has 0 atom stereocenters. The summed E-state index contributed by atoms with van der Waals surface area (Å²) in [4.78, 5) is 13.2. The van der Waals surface area contributed by atoms with Gasteiger partial charge in [-0.05, 0) is 50.3 Å². The molecule has 4 rings (SSSR count). The van der Waals surface area contributed by atoms with E-state index in [9.17, 15) is 4.39 Å². The van der Waals surface area contributed by atoms with Crippen LogP contribution < -0.4 is 16.8 Å². The van der Waals surface area contributed by atoms with Crippen molar-refractivity contribution in [2.75, 3.05) is 17.6 Å². The van der Waals surface area contributed by atoms with E-state index >= 15 is 0 Å². The van der Waals surface area contributed by atoms with Crippen LogP contribution in [0, 0.1) is 11.7 Å². The summed E-state index contributed by atoms with van der Waals surface area (Å²) in [5.41, 5.74) is 13.6. The number of pyridine rings is 1. The van der Waals surface area contributed by atoms with Crippen molar-refractivity contribution in [2.24, 2.45) is 11.7 Å². The van der Waals surface area contributed by atoms with E-state index in [1.165, 1.54) is 12.3 Å². The second-order valence-electron chi connectivity index (χ2n) is 6.81. The predicted molar refractivity (Wildman–Crippen MR) is 99.0 cm³/mol. The molecule has 5 N–H and O–H groups in total. The Bertz CT molecular complexity index is 915. The van der Waals surface area contributed by atoms with Crippen LogP contribution in [0.25, 0.3) is 17.2 Å². The van der Waals surface area contributed by atoms with Crippen molar-refractivity contribution in [1.29, 1.82) is 0 Å². The second kappa shape index (κ2) is 6.87. The lowest BCUT2D eigenvalue weighted by atomic mass is 9.86. The van der Waals surface area contributed by atoms with Crippen molar-refractivity contribution in [3.8, 4) is 11.5 Å². The van der Waals surface area contributed by atoms with Crippen LogP contribution >= 0.6 is 0 Å². The van der Waals surface area contributed by atoms with E-state index in [-0.39, 0.29) is 5.82 Å². The lowest BCUT2D eigenvalue weighted by molar-refractivity contribution is 0.344. The third-order valence-corrected chi connectivity index (χ3v) is 5.04. The largest absolute Gasteiger partial charge is 0.394 e. The zero-order valence-electron chi connectivity index (χ0n) is 14.4. The number of fused-ring (bicyclic) bond motifs is 1. The zero-order valence-corrected chi connectivity index (χ0v) is 14.4. The maximum Gasteiger partial charge on any atom is 0.180 e. The highest BCUT2D eigenvalue weighted by atomic mass is 19.1.